The van der Waals surface area contributed by atoms with Crippen LogP contribution in [-0.4, -0.2) is 32.3 Å². The summed E-state index contributed by atoms with van der Waals surface area (Å²) in [5.41, 5.74) is 1.16. The van der Waals surface area contributed by atoms with Crippen molar-refractivity contribution < 1.29 is 19.0 Å². The van der Waals surface area contributed by atoms with Gasteiger partial charge in [0.15, 0.2) is 18.1 Å². The van der Waals surface area contributed by atoms with E-state index in [9.17, 15) is 4.79 Å². The monoisotopic (exact) mass is 343 g/mol. The molecule has 0 saturated carbocycles. The summed E-state index contributed by atoms with van der Waals surface area (Å²) in [6.45, 7) is 5.54. The maximum absolute atomic E-state index is 11.8. The lowest BCUT2D eigenvalue weighted by molar-refractivity contribution is -0.123. The smallest absolute Gasteiger partial charge is 0.257 e. The van der Waals surface area contributed by atoms with Crippen LogP contribution < -0.4 is 19.5 Å². The van der Waals surface area contributed by atoms with Gasteiger partial charge in [0.2, 0.25) is 0 Å². The Bertz CT molecular complexity index is 672. The molecule has 0 unspecified atom stereocenters. The summed E-state index contributed by atoms with van der Waals surface area (Å²) in [4.78, 5) is 11.8. The fraction of sp³-hybridized carbons (Fsp3) is 0.350. The largest absolute Gasteiger partial charge is 0.494 e. The number of aryl methyl sites for hydroxylation is 1. The number of para-hydroxylation sites is 2. The van der Waals surface area contributed by atoms with Gasteiger partial charge in [-0.05, 0) is 50.1 Å². The molecule has 0 heterocycles. The van der Waals surface area contributed by atoms with E-state index in [-0.39, 0.29) is 12.5 Å². The molecule has 5 nitrogen and oxygen atoms in total. The molecule has 1 amide bonds. The molecule has 0 aliphatic carbocycles. The molecule has 2 aromatic rings. The van der Waals surface area contributed by atoms with Crippen molar-refractivity contribution in [2.24, 2.45) is 0 Å². The van der Waals surface area contributed by atoms with E-state index >= 15 is 0 Å². The van der Waals surface area contributed by atoms with Crippen LogP contribution >= 0.6 is 0 Å². The van der Waals surface area contributed by atoms with Crippen LogP contribution in [0.25, 0.3) is 0 Å². The maximum atomic E-state index is 11.8. The molecule has 0 aliphatic rings. The highest BCUT2D eigenvalue weighted by Gasteiger charge is 2.07. The van der Waals surface area contributed by atoms with E-state index < -0.39 is 0 Å². The normalized spacial score (nSPS) is 10.2. The average molecular weight is 343 g/mol. The number of hydrogen-bond acceptors (Lipinski definition) is 4. The molecule has 0 aliphatic heterocycles. The van der Waals surface area contributed by atoms with E-state index in [0.29, 0.717) is 31.3 Å². The number of ether oxygens (including phenoxy) is 3. The van der Waals surface area contributed by atoms with E-state index in [0.717, 1.165) is 17.7 Å². The SMILES string of the molecule is CCOc1ccccc1OCC(=O)NCCCOc1cccc(C)c1. The van der Waals surface area contributed by atoms with Gasteiger partial charge in [0.05, 0.1) is 13.2 Å². The van der Waals surface area contributed by atoms with Gasteiger partial charge in [-0.3, -0.25) is 4.79 Å². The van der Waals surface area contributed by atoms with Crippen LogP contribution in [0.5, 0.6) is 17.2 Å². The van der Waals surface area contributed by atoms with Crippen molar-refractivity contribution in [2.75, 3.05) is 26.4 Å². The van der Waals surface area contributed by atoms with Gasteiger partial charge in [0.25, 0.3) is 5.91 Å². The van der Waals surface area contributed by atoms with Crippen molar-refractivity contribution in [3.63, 3.8) is 0 Å². The first kappa shape index (κ1) is 18.6. The van der Waals surface area contributed by atoms with Gasteiger partial charge in [0, 0.05) is 6.54 Å². The number of nitrogens with one attached hydrogen (secondary N) is 1. The number of amides is 1. The first-order chi connectivity index (χ1) is 12.2. The molecule has 5 heteroatoms. The second kappa shape index (κ2) is 10.2. The Morgan fingerprint density at radius 2 is 1.76 bits per heavy atom. The van der Waals surface area contributed by atoms with Gasteiger partial charge < -0.3 is 19.5 Å². The Hall–Kier alpha value is -2.69. The third kappa shape index (κ3) is 6.75. The zero-order chi connectivity index (χ0) is 17.9. The average Bonchev–Trinajstić information content (AvgIpc) is 2.61. The summed E-state index contributed by atoms with van der Waals surface area (Å²) in [7, 11) is 0. The van der Waals surface area contributed by atoms with E-state index in [1.54, 1.807) is 6.07 Å². The molecular weight excluding hydrogens is 318 g/mol. The van der Waals surface area contributed by atoms with Crippen molar-refractivity contribution in [1.29, 1.82) is 0 Å². The summed E-state index contributed by atoms with van der Waals surface area (Å²) < 4.78 is 16.6. The molecular formula is C20H25NO4. The van der Waals surface area contributed by atoms with Gasteiger partial charge in [0.1, 0.15) is 5.75 Å². The van der Waals surface area contributed by atoms with Gasteiger partial charge >= 0.3 is 0 Å². The number of hydrogen-bond donors (Lipinski definition) is 1. The zero-order valence-corrected chi connectivity index (χ0v) is 14.8. The van der Waals surface area contributed by atoms with E-state index in [1.165, 1.54) is 0 Å². The van der Waals surface area contributed by atoms with E-state index in [4.69, 9.17) is 14.2 Å². The summed E-state index contributed by atoms with van der Waals surface area (Å²) >= 11 is 0. The summed E-state index contributed by atoms with van der Waals surface area (Å²) in [6, 6.07) is 15.2. The highest BCUT2D eigenvalue weighted by atomic mass is 16.5. The Morgan fingerprint density at radius 3 is 2.48 bits per heavy atom. The van der Waals surface area contributed by atoms with Crippen LogP contribution in [-0.2, 0) is 4.79 Å². The molecule has 2 aromatic carbocycles. The third-order valence-corrected chi connectivity index (χ3v) is 3.41. The van der Waals surface area contributed by atoms with Crippen molar-refractivity contribution in [2.45, 2.75) is 20.3 Å². The summed E-state index contributed by atoms with van der Waals surface area (Å²) in [5.74, 6) is 1.90. The van der Waals surface area contributed by atoms with Crippen LogP contribution in [0, 0.1) is 6.92 Å². The van der Waals surface area contributed by atoms with Crippen LogP contribution in [0.3, 0.4) is 0 Å². The molecule has 0 fully saturated rings. The lowest BCUT2D eigenvalue weighted by Gasteiger charge is -2.11. The number of carbonyl (C=O) groups excluding carboxylic acids is 1. The molecule has 134 valence electrons. The number of benzene rings is 2. The first-order valence-corrected chi connectivity index (χ1v) is 8.50. The van der Waals surface area contributed by atoms with Crippen molar-refractivity contribution in [3.8, 4) is 17.2 Å². The lowest BCUT2D eigenvalue weighted by atomic mass is 10.2. The fourth-order valence-electron chi connectivity index (χ4n) is 2.23. The Morgan fingerprint density at radius 1 is 1.00 bits per heavy atom. The quantitative estimate of drug-likeness (QED) is 0.672. The molecule has 0 bridgehead atoms. The van der Waals surface area contributed by atoms with Crippen LogP contribution in [0.15, 0.2) is 48.5 Å². The van der Waals surface area contributed by atoms with Gasteiger partial charge in [-0.1, -0.05) is 24.3 Å². The lowest BCUT2D eigenvalue weighted by Crippen LogP contribution is -2.30. The molecule has 0 spiro atoms. The Labute approximate surface area is 148 Å². The van der Waals surface area contributed by atoms with Crippen LogP contribution in [0.2, 0.25) is 0 Å². The van der Waals surface area contributed by atoms with E-state index in [2.05, 4.69) is 5.32 Å². The molecule has 0 aromatic heterocycles. The maximum Gasteiger partial charge on any atom is 0.257 e. The third-order valence-electron chi connectivity index (χ3n) is 3.41. The van der Waals surface area contributed by atoms with Crippen LogP contribution in [0.4, 0.5) is 0 Å². The second-order valence-corrected chi connectivity index (χ2v) is 5.54. The first-order valence-electron chi connectivity index (χ1n) is 8.50. The van der Waals surface area contributed by atoms with Gasteiger partial charge in [-0.15, -0.1) is 0 Å². The molecule has 0 atom stereocenters. The molecule has 0 saturated heterocycles. The molecule has 25 heavy (non-hydrogen) atoms. The number of carbonyl (C=O) groups is 1. The van der Waals surface area contributed by atoms with Crippen LogP contribution in [0.1, 0.15) is 18.9 Å². The molecule has 0 radical (unpaired) electrons. The predicted octanol–water partition coefficient (Wildman–Crippen LogP) is 3.36. The molecule has 2 rings (SSSR count). The topological polar surface area (TPSA) is 56.8 Å². The van der Waals surface area contributed by atoms with Gasteiger partial charge in [-0.25, -0.2) is 0 Å². The predicted molar refractivity (Wildman–Crippen MR) is 97.4 cm³/mol. The number of rotatable bonds is 10. The highest BCUT2D eigenvalue weighted by Crippen LogP contribution is 2.26. The summed E-state index contributed by atoms with van der Waals surface area (Å²) in [5, 5.41) is 2.82. The zero-order valence-electron chi connectivity index (χ0n) is 14.8. The minimum absolute atomic E-state index is 0.0389. The van der Waals surface area contributed by atoms with Gasteiger partial charge in [-0.2, -0.15) is 0 Å². The Kier molecular flexibility index (Phi) is 7.63. The fourth-order valence-corrected chi connectivity index (χ4v) is 2.23. The minimum atomic E-state index is -0.165. The molecule has 1 N–H and O–H groups in total. The summed E-state index contributed by atoms with van der Waals surface area (Å²) in [6.07, 6.45) is 0.731. The highest BCUT2D eigenvalue weighted by molar-refractivity contribution is 5.77. The van der Waals surface area contributed by atoms with Crippen molar-refractivity contribution >= 4 is 5.91 Å². The second-order valence-electron chi connectivity index (χ2n) is 5.54. The van der Waals surface area contributed by atoms with Crippen molar-refractivity contribution in [1.82, 2.24) is 5.32 Å². The standard InChI is InChI=1S/C20H25NO4/c1-3-23-18-10-4-5-11-19(18)25-15-20(22)21-12-7-13-24-17-9-6-8-16(2)14-17/h4-6,8-11,14H,3,7,12-13,15H2,1-2H3,(H,21,22). The Balaban J connectivity index is 1.63. The minimum Gasteiger partial charge on any atom is -0.494 e. The van der Waals surface area contributed by atoms with E-state index in [1.807, 2.05) is 56.3 Å². The van der Waals surface area contributed by atoms with Crippen molar-refractivity contribution in [3.05, 3.63) is 54.1 Å².